The Morgan fingerprint density at radius 1 is 0.864 bits per heavy atom. The molecule has 22 heavy (non-hydrogen) atoms. The average Bonchev–Trinajstić information content (AvgIpc) is 2.51. The fourth-order valence-corrected chi connectivity index (χ4v) is 4.34. The molecule has 1 N–H and O–H groups in total. The summed E-state index contributed by atoms with van der Waals surface area (Å²) in [5.74, 6) is 0. The third-order valence-electron chi connectivity index (χ3n) is 3.90. The highest BCUT2D eigenvalue weighted by Gasteiger charge is 2.46. The zero-order chi connectivity index (χ0) is 16.9. The lowest BCUT2D eigenvalue weighted by Crippen LogP contribution is -2.43. The quantitative estimate of drug-likeness (QED) is 0.307. The van der Waals surface area contributed by atoms with Crippen LogP contribution in [0.5, 0.6) is 0 Å². The molecule has 5 heteroatoms. The van der Waals surface area contributed by atoms with E-state index >= 15 is 0 Å². The van der Waals surface area contributed by atoms with E-state index in [1.54, 1.807) is 0 Å². The zero-order valence-corrected chi connectivity index (χ0v) is 16.3. The maximum Gasteiger partial charge on any atom is 0.350 e. The molecule has 0 aromatic rings. The van der Waals surface area contributed by atoms with Gasteiger partial charge in [-0.1, -0.05) is 53.4 Å². The van der Waals surface area contributed by atoms with E-state index in [4.69, 9.17) is 9.05 Å². The van der Waals surface area contributed by atoms with Crippen LogP contribution in [-0.2, 0) is 13.6 Å². The zero-order valence-electron chi connectivity index (χ0n) is 15.5. The van der Waals surface area contributed by atoms with Crippen molar-refractivity contribution in [1.29, 1.82) is 0 Å². The molecule has 0 aromatic heterocycles. The van der Waals surface area contributed by atoms with Gasteiger partial charge in [-0.25, -0.2) is 0 Å². The van der Waals surface area contributed by atoms with Crippen LogP contribution in [0.25, 0.3) is 0 Å². The number of unbranched alkanes of at least 4 members (excludes halogenated alkanes) is 3. The summed E-state index contributed by atoms with van der Waals surface area (Å²) < 4.78 is 25.2. The van der Waals surface area contributed by atoms with Crippen LogP contribution >= 0.6 is 7.60 Å². The first-order valence-corrected chi connectivity index (χ1v) is 10.7. The third-order valence-corrected chi connectivity index (χ3v) is 6.53. The Hall–Kier alpha value is 0.110. The summed E-state index contributed by atoms with van der Waals surface area (Å²) >= 11 is 0. The Morgan fingerprint density at radius 3 is 1.77 bits per heavy atom. The van der Waals surface area contributed by atoms with Gasteiger partial charge in [0.05, 0.1) is 13.2 Å². The maximum atomic E-state index is 13.5. The molecule has 0 heterocycles. The normalized spacial score (nSPS) is 15.0. The molecular formula is C17H38NO3P. The summed E-state index contributed by atoms with van der Waals surface area (Å²) in [5.41, 5.74) is 0. The molecule has 1 atom stereocenters. The summed E-state index contributed by atoms with van der Waals surface area (Å²) in [5, 5.41) is 2.88. The lowest BCUT2D eigenvalue weighted by atomic mass is 10.1. The van der Waals surface area contributed by atoms with Gasteiger partial charge in [0.25, 0.3) is 0 Å². The van der Waals surface area contributed by atoms with Gasteiger partial charge < -0.3 is 14.4 Å². The maximum absolute atomic E-state index is 13.5. The molecule has 0 aliphatic rings. The first-order valence-electron chi connectivity index (χ1n) is 9.13. The summed E-state index contributed by atoms with van der Waals surface area (Å²) in [6, 6.07) is 0. The highest BCUT2D eigenvalue weighted by atomic mass is 31.2. The lowest BCUT2D eigenvalue weighted by Gasteiger charge is -2.37. The van der Waals surface area contributed by atoms with E-state index < -0.39 is 12.9 Å². The molecule has 0 saturated carbocycles. The fourth-order valence-electron chi connectivity index (χ4n) is 2.22. The SMILES string of the molecule is CCCCOP(=O)(OCCCC)C(C)(CCCC)NCCC. The number of rotatable bonds is 15. The molecule has 0 fully saturated rings. The lowest BCUT2D eigenvalue weighted by molar-refractivity contribution is 0.169. The monoisotopic (exact) mass is 335 g/mol. The molecule has 0 radical (unpaired) electrons. The minimum absolute atomic E-state index is 0.509. The van der Waals surface area contributed by atoms with Crippen molar-refractivity contribution in [3.05, 3.63) is 0 Å². The van der Waals surface area contributed by atoms with Gasteiger partial charge in [-0.3, -0.25) is 4.57 Å². The van der Waals surface area contributed by atoms with Crippen LogP contribution in [0.4, 0.5) is 0 Å². The first kappa shape index (κ1) is 22.1. The van der Waals surface area contributed by atoms with Crippen molar-refractivity contribution in [2.24, 2.45) is 0 Å². The van der Waals surface area contributed by atoms with E-state index in [1.165, 1.54) is 0 Å². The predicted octanol–water partition coefficient (Wildman–Crippen LogP) is 5.72. The van der Waals surface area contributed by atoms with Crippen molar-refractivity contribution in [3.8, 4) is 0 Å². The molecule has 0 aliphatic carbocycles. The van der Waals surface area contributed by atoms with Gasteiger partial charge in [0.15, 0.2) is 0 Å². The van der Waals surface area contributed by atoms with Gasteiger partial charge in [-0.2, -0.15) is 0 Å². The van der Waals surface area contributed by atoms with Crippen molar-refractivity contribution in [2.75, 3.05) is 19.8 Å². The Labute approximate surface area is 138 Å². The smallest absolute Gasteiger partial charge is 0.307 e. The van der Waals surface area contributed by atoms with Crippen molar-refractivity contribution in [1.82, 2.24) is 5.32 Å². The van der Waals surface area contributed by atoms with Crippen molar-refractivity contribution < 1.29 is 13.6 Å². The van der Waals surface area contributed by atoms with Gasteiger partial charge >= 0.3 is 7.60 Å². The van der Waals surface area contributed by atoms with Crippen LogP contribution in [0.15, 0.2) is 0 Å². The Kier molecular flexibility index (Phi) is 12.6. The second-order valence-corrected chi connectivity index (χ2v) is 8.67. The van der Waals surface area contributed by atoms with E-state index in [-0.39, 0.29) is 0 Å². The van der Waals surface area contributed by atoms with Gasteiger partial charge in [0.1, 0.15) is 5.28 Å². The van der Waals surface area contributed by atoms with Crippen LogP contribution in [0.2, 0.25) is 0 Å². The molecule has 0 amide bonds. The van der Waals surface area contributed by atoms with Gasteiger partial charge in [0, 0.05) is 0 Å². The summed E-state index contributed by atoms with van der Waals surface area (Å²) in [6.45, 7) is 12.4. The van der Waals surface area contributed by atoms with Gasteiger partial charge in [-0.15, -0.1) is 0 Å². The first-order chi connectivity index (χ1) is 10.5. The van der Waals surface area contributed by atoms with Crippen molar-refractivity contribution in [2.45, 2.75) is 91.3 Å². The summed E-state index contributed by atoms with van der Waals surface area (Å²) in [6.07, 6.45) is 7.81. The number of nitrogens with one attached hydrogen (secondary N) is 1. The van der Waals surface area contributed by atoms with Crippen LogP contribution in [-0.4, -0.2) is 25.0 Å². The molecule has 4 nitrogen and oxygen atoms in total. The minimum Gasteiger partial charge on any atom is -0.307 e. The van der Waals surface area contributed by atoms with Crippen LogP contribution in [0.3, 0.4) is 0 Å². The molecular weight excluding hydrogens is 297 g/mol. The molecule has 134 valence electrons. The fraction of sp³-hybridized carbons (Fsp3) is 1.00. The Bertz CT molecular complexity index is 288. The van der Waals surface area contributed by atoms with E-state index in [0.29, 0.717) is 13.2 Å². The number of hydrogen-bond acceptors (Lipinski definition) is 4. The van der Waals surface area contributed by atoms with Gasteiger partial charge in [0.2, 0.25) is 0 Å². The second-order valence-electron chi connectivity index (χ2n) is 6.18. The third kappa shape index (κ3) is 7.59. The topological polar surface area (TPSA) is 47.6 Å². The molecule has 0 rings (SSSR count). The predicted molar refractivity (Wildman–Crippen MR) is 95.6 cm³/mol. The molecule has 0 bridgehead atoms. The van der Waals surface area contributed by atoms with Crippen molar-refractivity contribution in [3.63, 3.8) is 0 Å². The standard InChI is InChI=1S/C17H38NO3P/c1-6-10-13-17(5,18-14-9-4)22(19,20-15-11-7-2)21-16-12-8-3/h18H,6-16H2,1-5H3. The minimum atomic E-state index is -3.17. The van der Waals surface area contributed by atoms with E-state index in [9.17, 15) is 4.57 Å². The average molecular weight is 335 g/mol. The van der Waals surface area contributed by atoms with E-state index in [0.717, 1.165) is 57.9 Å². The second kappa shape index (κ2) is 12.5. The summed E-state index contributed by atoms with van der Waals surface area (Å²) in [4.78, 5) is 0. The molecule has 1 unspecified atom stereocenters. The largest absolute Gasteiger partial charge is 0.350 e. The number of hydrogen-bond donors (Lipinski definition) is 1. The van der Waals surface area contributed by atoms with Crippen molar-refractivity contribution >= 4 is 7.60 Å². The molecule has 0 aromatic carbocycles. The van der Waals surface area contributed by atoms with E-state index in [1.807, 2.05) is 6.92 Å². The summed E-state index contributed by atoms with van der Waals surface area (Å²) in [7, 11) is -3.17. The Morgan fingerprint density at radius 2 is 1.36 bits per heavy atom. The molecule has 0 spiro atoms. The van der Waals surface area contributed by atoms with E-state index in [2.05, 4.69) is 33.0 Å². The Balaban J connectivity index is 5.08. The molecule has 0 aliphatic heterocycles. The van der Waals surface area contributed by atoms with Crippen LogP contribution in [0, 0.1) is 0 Å². The highest BCUT2D eigenvalue weighted by molar-refractivity contribution is 7.55. The van der Waals surface area contributed by atoms with Crippen LogP contribution < -0.4 is 5.32 Å². The van der Waals surface area contributed by atoms with Crippen LogP contribution in [0.1, 0.15) is 86.0 Å². The molecule has 0 saturated heterocycles. The highest BCUT2D eigenvalue weighted by Crippen LogP contribution is 2.60. The van der Waals surface area contributed by atoms with Gasteiger partial charge in [-0.05, 0) is 39.2 Å².